The minimum atomic E-state index is -0.245. The van der Waals surface area contributed by atoms with Crippen LogP contribution in [0.3, 0.4) is 0 Å². The van der Waals surface area contributed by atoms with Gasteiger partial charge in [-0.3, -0.25) is 15.4 Å². The van der Waals surface area contributed by atoms with Gasteiger partial charge in [-0.25, -0.2) is 0 Å². The van der Waals surface area contributed by atoms with E-state index >= 15 is 0 Å². The summed E-state index contributed by atoms with van der Waals surface area (Å²) in [4.78, 5) is 18.0. The molecule has 0 bridgehead atoms. The van der Waals surface area contributed by atoms with E-state index in [1.165, 1.54) is 57.8 Å². The molecular weight excluding hydrogens is 532 g/mol. The van der Waals surface area contributed by atoms with Crippen LogP contribution in [-0.4, -0.2) is 101 Å². The molecule has 9 heteroatoms. The third-order valence-corrected chi connectivity index (χ3v) is 8.28. The number of ether oxygens (including phenoxy) is 4. The van der Waals surface area contributed by atoms with Gasteiger partial charge in [0, 0.05) is 32.1 Å². The number of rotatable bonds is 28. The maximum Gasteiger partial charge on any atom is 0.222 e. The van der Waals surface area contributed by atoms with Crippen LogP contribution in [0.15, 0.2) is 0 Å². The second-order valence-electron chi connectivity index (χ2n) is 12.4. The van der Waals surface area contributed by atoms with E-state index in [0.717, 1.165) is 97.4 Å². The van der Waals surface area contributed by atoms with Crippen molar-refractivity contribution in [1.29, 1.82) is 0 Å². The minimum Gasteiger partial charge on any atom is -0.340 e. The maximum atomic E-state index is 13.6. The number of nitrogens with one attached hydrogen (secondary N) is 2. The summed E-state index contributed by atoms with van der Waals surface area (Å²) in [5.74, 6) is 0.349. The second-order valence-corrected chi connectivity index (χ2v) is 12.4. The van der Waals surface area contributed by atoms with E-state index < -0.39 is 0 Å². The lowest BCUT2D eigenvalue weighted by Crippen LogP contribution is -2.41. The third kappa shape index (κ3) is 18.8. The van der Waals surface area contributed by atoms with E-state index in [0.29, 0.717) is 25.0 Å². The van der Waals surface area contributed by atoms with Crippen molar-refractivity contribution >= 4 is 5.91 Å². The Bertz CT molecular complexity index is 630. The van der Waals surface area contributed by atoms with Gasteiger partial charge in [-0.15, -0.1) is 0 Å². The number of nitrogens with zero attached hydrogens (tertiary/aromatic N) is 2. The second kappa shape index (κ2) is 25.5. The van der Waals surface area contributed by atoms with Crippen LogP contribution in [0, 0.1) is 0 Å². The molecule has 248 valence electrons. The predicted molar refractivity (Wildman–Crippen MR) is 170 cm³/mol. The van der Waals surface area contributed by atoms with Gasteiger partial charge in [-0.1, -0.05) is 71.1 Å². The van der Waals surface area contributed by atoms with Gasteiger partial charge < -0.3 is 28.7 Å². The highest BCUT2D eigenvalue weighted by atomic mass is 16.7. The molecule has 3 atom stereocenters. The third-order valence-electron chi connectivity index (χ3n) is 8.28. The summed E-state index contributed by atoms with van der Waals surface area (Å²) in [6.45, 7) is 8.71. The van der Waals surface area contributed by atoms with Gasteiger partial charge in [-0.05, 0) is 65.6 Å². The molecule has 2 N–H and O–H groups in total. The summed E-state index contributed by atoms with van der Waals surface area (Å²) in [6, 6.07) is 0.354. The van der Waals surface area contributed by atoms with Crippen LogP contribution >= 0.6 is 0 Å². The molecule has 3 unspecified atom stereocenters. The maximum absolute atomic E-state index is 13.6. The molecule has 0 aromatic heterocycles. The highest BCUT2D eigenvalue weighted by molar-refractivity contribution is 5.76. The normalized spacial score (nSPS) is 19.6. The lowest BCUT2D eigenvalue weighted by Gasteiger charge is -2.33. The number of unbranched alkanes of at least 4 members (excludes halogenated alkanes) is 11. The molecule has 2 heterocycles. The molecule has 2 aliphatic rings. The lowest BCUT2D eigenvalue weighted by atomic mass is 9.98. The number of amides is 1. The molecule has 0 saturated carbocycles. The van der Waals surface area contributed by atoms with Crippen molar-refractivity contribution in [2.24, 2.45) is 0 Å². The van der Waals surface area contributed by atoms with Gasteiger partial charge in [0.25, 0.3) is 0 Å². The molecule has 0 radical (unpaired) electrons. The molecule has 2 saturated heterocycles. The molecule has 2 rings (SSSR count). The summed E-state index contributed by atoms with van der Waals surface area (Å²) >= 11 is 0. The fourth-order valence-corrected chi connectivity index (χ4v) is 5.79. The van der Waals surface area contributed by atoms with E-state index in [1.54, 1.807) is 0 Å². The van der Waals surface area contributed by atoms with Crippen LogP contribution < -0.4 is 10.6 Å². The zero-order valence-electron chi connectivity index (χ0n) is 27.6. The minimum absolute atomic E-state index is 0.220. The van der Waals surface area contributed by atoms with Gasteiger partial charge in [0.15, 0.2) is 0 Å². The Morgan fingerprint density at radius 1 is 0.714 bits per heavy atom. The van der Waals surface area contributed by atoms with Crippen molar-refractivity contribution < 1.29 is 23.7 Å². The zero-order valence-corrected chi connectivity index (χ0v) is 27.6. The van der Waals surface area contributed by atoms with Crippen LogP contribution in [0.5, 0.6) is 0 Å². The average Bonchev–Trinajstić information content (AvgIpc) is 3.69. The van der Waals surface area contributed by atoms with E-state index in [9.17, 15) is 4.79 Å². The van der Waals surface area contributed by atoms with Crippen molar-refractivity contribution in [3.8, 4) is 0 Å². The first-order valence-electron chi connectivity index (χ1n) is 17.5. The first kappa shape index (κ1) is 37.4. The number of hydrogen-bond acceptors (Lipinski definition) is 8. The Hall–Kier alpha value is -0.810. The topological polar surface area (TPSA) is 84.5 Å². The fraction of sp³-hybridized carbons (Fsp3) is 0.970. The largest absolute Gasteiger partial charge is 0.340 e. The van der Waals surface area contributed by atoms with Crippen molar-refractivity contribution in [1.82, 2.24) is 20.4 Å². The summed E-state index contributed by atoms with van der Waals surface area (Å²) in [5, 5.41) is 6.39. The van der Waals surface area contributed by atoms with E-state index in [1.807, 2.05) is 0 Å². The molecular formula is C33H66N4O5. The standard InChI is InChI=1S/C33H66N4O5/c1-4-5-6-7-8-9-13-19-30(20-14-10-11-16-26-39-32-34-22-28-41-32)37(31(38)21-18-24-36(2)3)25-15-12-17-27-40-33-35-23-29-42-33/h30,32-35H,4-29H2,1-3H3. The van der Waals surface area contributed by atoms with Gasteiger partial charge >= 0.3 is 0 Å². The molecule has 2 fully saturated rings. The van der Waals surface area contributed by atoms with E-state index in [-0.39, 0.29) is 12.8 Å². The Morgan fingerprint density at radius 2 is 1.24 bits per heavy atom. The first-order valence-corrected chi connectivity index (χ1v) is 17.5. The molecule has 0 spiro atoms. The van der Waals surface area contributed by atoms with Crippen LogP contribution in [0.25, 0.3) is 0 Å². The van der Waals surface area contributed by atoms with Crippen LogP contribution in [0.2, 0.25) is 0 Å². The summed E-state index contributed by atoms with van der Waals surface area (Å²) < 4.78 is 22.5. The first-order chi connectivity index (χ1) is 20.6. The Kier molecular flexibility index (Phi) is 22.7. The van der Waals surface area contributed by atoms with Gasteiger partial charge in [0.2, 0.25) is 18.7 Å². The lowest BCUT2D eigenvalue weighted by molar-refractivity contribution is -0.134. The highest BCUT2D eigenvalue weighted by Crippen LogP contribution is 2.21. The van der Waals surface area contributed by atoms with Crippen molar-refractivity contribution in [3.63, 3.8) is 0 Å². The smallest absolute Gasteiger partial charge is 0.222 e. The van der Waals surface area contributed by atoms with E-state index in [2.05, 4.69) is 41.5 Å². The molecule has 0 aliphatic carbocycles. The molecule has 1 amide bonds. The van der Waals surface area contributed by atoms with Crippen LogP contribution in [-0.2, 0) is 23.7 Å². The van der Waals surface area contributed by atoms with Gasteiger partial charge in [0.1, 0.15) is 0 Å². The fourth-order valence-electron chi connectivity index (χ4n) is 5.79. The van der Waals surface area contributed by atoms with Crippen molar-refractivity contribution in [2.75, 3.05) is 66.7 Å². The molecule has 0 aromatic rings. The zero-order chi connectivity index (χ0) is 30.1. The highest BCUT2D eigenvalue weighted by Gasteiger charge is 2.23. The van der Waals surface area contributed by atoms with Gasteiger partial charge in [0.05, 0.1) is 26.4 Å². The summed E-state index contributed by atoms with van der Waals surface area (Å²) in [6.07, 6.45) is 20.2. The number of carbonyl (C=O) groups is 1. The molecule has 0 aromatic carbocycles. The Labute approximate surface area is 258 Å². The molecule has 2 aliphatic heterocycles. The quantitative estimate of drug-likeness (QED) is 0.112. The van der Waals surface area contributed by atoms with E-state index in [4.69, 9.17) is 18.9 Å². The Morgan fingerprint density at radius 3 is 1.76 bits per heavy atom. The number of carbonyl (C=O) groups excluding carboxylic acids is 1. The summed E-state index contributed by atoms with van der Waals surface area (Å²) in [7, 11) is 4.17. The van der Waals surface area contributed by atoms with Crippen molar-refractivity contribution in [3.05, 3.63) is 0 Å². The Balaban J connectivity index is 1.81. The SMILES string of the molecule is CCCCCCCCCC(CCCCCCOC1NCCO1)N(CCCCCOC1NCCO1)C(=O)CCCN(C)C. The monoisotopic (exact) mass is 599 g/mol. The average molecular weight is 599 g/mol. The summed E-state index contributed by atoms with van der Waals surface area (Å²) in [5.41, 5.74) is 0. The molecule has 42 heavy (non-hydrogen) atoms. The molecule has 9 nitrogen and oxygen atoms in total. The van der Waals surface area contributed by atoms with Crippen LogP contribution in [0.1, 0.15) is 122 Å². The predicted octanol–water partition coefficient (Wildman–Crippen LogP) is 5.63. The van der Waals surface area contributed by atoms with Crippen LogP contribution in [0.4, 0.5) is 0 Å². The van der Waals surface area contributed by atoms with Gasteiger partial charge in [-0.2, -0.15) is 0 Å². The van der Waals surface area contributed by atoms with Crippen molar-refractivity contribution in [2.45, 2.75) is 141 Å². The number of hydrogen-bond donors (Lipinski definition) is 2.